The predicted molar refractivity (Wildman–Crippen MR) is 95.9 cm³/mol. The molecule has 1 aliphatic rings. The first kappa shape index (κ1) is 22.1. The molecule has 1 fully saturated rings. The highest BCUT2D eigenvalue weighted by Gasteiger charge is 2.23. The van der Waals surface area contributed by atoms with Crippen LogP contribution in [0.2, 0.25) is 0 Å². The number of hydrogen-bond donors (Lipinski definition) is 2. The molecule has 9 nitrogen and oxygen atoms in total. The summed E-state index contributed by atoms with van der Waals surface area (Å²) in [6.07, 6.45) is 2.24. The standard InChI is InChI=1S/C19H26O9/c1-2-8-24-9-14(21)11-27-19(23)17-7-6-16(28-17)18(22)26-10-13(20)4-3-5-15-12-25-15/h2,6-7,13-15,20-21H,1,3-5,8-12H2. The van der Waals surface area contributed by atoms with Crippen LogP contribution in [-0.2, 0) is 18.9 Å². The zero-order valence-electron chi connectivity index (χ0n) is 15.6. The molecule has 156 valence electrons. The van der Waals surface area contributed by atoms with E-state index in [1.54, 1.807) is 0 Å². The maximum atomic E-state index is 11.9. The van der Waals surface area contributed by atoms with Crippen LogP contribution in [0.4, 0.5) is 0 Å². The second-order valence-electron chi connectivity index (χ2n) is 6.38. The number of epoxide rings is 1. The largest absolute Gasteiger partial charge is 0.457 e. The fourth-order valence-corrected chi connectivity index (χ4v) is 2.28. The summed E-state index contributed by atoms with van der Waals surface area (Å²) in [4.78, 5) is 23.8. The van der Waals surface area contributed by atoms with Crippen molar-refractivity contribution in [3.63, 3.8) is 0 Å². The van der Waals surface area contributed by atoms with Crippen LogP contribution in [0.15, 0.2) is 29.2 Å². The Morgan fingerprint density at radius 2 is 1.75 bits per heavy atom. The predicted octanol–water partition coefficient (Wildman–Crippen LogP) is 1.09. The fraction of sp³-hybridized carbons (Fsp3) is 0.579. The summed E-state index contributed by atoms with van der Waals surface area (Å²) in [7, 11) is 0. The van der Waals surface area contributed by atoms with Crippen LogP contribution in [0.5, 0.6) is 0 Å². The average Bonchev–Trinajstić information content (AvgIpc) is 3.37. The first-order valence-electron chi connectivity index (χ1n) is 9.10. The van der Waals surface area contributed by atoms with Crippen molar-refractivity contribution < 1.29 is 43.2 Å². The fourth-order valence-electron chi connectivity index (χ4n) is 2.28. The lowest BCUT2D eigenvalue weighted by Gasteiger charge is -2.10. The van der Waals surface area contributed by atoms with Gasteiger partial charge in [0.15, 0.2) is 0 Å². The molecule has 2 heterocycles. The molecule has 3 unspecified atom stereocenters. The van der Waals surface area contributed by atoms with Gasteiger partial charge in [0.1, 0.15) is 19.3 Å². The van der Waals surface area contributed by atoms with Crippen LogP contribution >= 0.6 is 0 Å². The van der Waals surface area contributed by atoms with E-state index < -0.39 is 24.1 Å². The number of hydrogen-bond acceptors (Lipinski definition) is 9. The number of rotatable bonds is 14. The molecule has 9 heteroatoms. The summed E-state index contributed by atoms with van der Waals surface area (Å²) in [5.41, 5.74) is 0. The summed E-state index contributed by atoms with van der Waals surface area (Å²) < 4.78 is 25.1. The SMILES string of the molecule is C=CCOCC(O)COC(=O)c1ccc(C(=O)OCC(O)CCCC2CO2)o1. The van der Waals surface area contributed by atoms with Gasteiger partial charge < -0.3 is 33.6 Å². The highest BCUT2D eigenvalue weighted by Crippen LogP contribution is 2.17. The van der Waals surface area contributed by atoms with Gasteiger partial charge in [-0.05, 0) is 31.4 Å². The lowest BCUT2D eigenvalue weighted by molar-refractivity contribution is -0.00740. The minimum Gasteiger partial charge on any atom is -0.457 e. The Kier molecular flexibility index (Phi) is 9.15. The summed E-state index contributed by atoms with van der Waals surface area (Å²) >= 11 is 0. The van der Waals surface area contributed by atoms with Crippen molar-refractivity contribution in [1.82, 2.24) is 0 Å². The van der Waals surface area contributed by atoms with Crippen LogP contribution in [0.25, 0.3) is 0 Å². The Labute approximate surface area is 162 Å². The molecule has 3 atom stereocenters. The quantitative estimate of drug-likeness (QED) is 0.205. The van der Waals surface area contributed by atoms with Gasteiger partial charge in [-0.1, -0.05) is 6.08 Å². The van der Waals surface area contributed by atoms with E-state index in [1.165, 1.54) is 18.2 Å². The molecule has 0 radical (unpaired) electrons. The van der Waals surface area contributed by atoms with E-state index in [2.05, 4.69) is 6.58 Å². The second kappa shape index (κ2) is 11.6. The van der Waals surface area contributed by atoms with E-state index >= 15 is 0 Å². The number of carbonyl (C=O) groups is 2. The first-order chi connectivity index (χ1) is 13.5. The van der Waals surface area contributed by atoms with Crippen LogP contribution < -0.4 is 0 Å². The van der Waals surface area contributed by atoms with Crippen molar-refractivity contribution in [2.24, 2.45) is 0 Å². The Hall–Kier alpha value is -2.20. The number of aliphatic hydroxyl groups excluding tert-OH is 2. The lowest BCUT2D eigenvalue weighted by atomic mass is 10.1. The van der Waals surface area contributed by atoms with E-state index in [-0.39, 0.29) is 37.9 Å². The average molecular weight is 398 g/mol. The van der Waals surface area contributed by atoms with Gasteiger partial charge in [0.05, 0.1) is 32.0 Å². The highest BCUT2D eigenvalue weighted by molar-refractivity contribution is 5.90. The number of carbonyl (C=O) groups excluding carboxylic acids is 2. The molecular formula is C19H26O9. The van der Waals surface area contributed by atoms with Crippen LogP contribution in [0.3, 0.4) is 0 Å². The van der Waals surface area contributed by atoms with Crippen molar-refractivity contribution in [3.8, 4) is 0 Å². The third-order valence-corrected chi connectivity index (χ3v) is 3.83. The Balaban J connectivity index is 1.66. The van der Waals surface area contributed by atoms with Crippen molar-refractivity contribution in [2.45, 2.75) is 37.6 Å². The van der Waals surface area contributed by atoms with E-state index in [0.29, 0.717) is 12.5 Å². The molecule has 0 spiro atoms. The molecule has 0 bridgehead atoms. The molecule has 1 saturated heterocycles. The summed E-state index contributed by atoms with van der Waals surface area (Å²) in [6, 6.07) is 2.55. The van der Waals surface area contributed by atoms with Gasteiger partial charge >= 0.3 is 11.9 Å². The van der Waals surface area contributed by atoms with Crippen LogP contribution in [0, 0.1) is 0 Å². The van der Waals surface area contributed by atoms with Crippen LogP contribution in [-0.4, -0.2) is 73.5 Å². The summed E-state index contributed by atoms with van der Waals surface area (Å²) in [5, 5.41) is 19.4. The van der Waals surface area contributed by atoms with Crippen molar-refractivity contribution in [1.29, 1.82) is 0 Å². The second-order valence-corrected chi connectivity index (χ2v) is 6.38. The minimum atomic E-state index is -0.990. The van der Waals surface area contributed by atoms with Gasteiger partial charge in [0.2, 0.25) is 11.5 Å². The van der Waals surface area contributed by atoms with Gasteiger partial charge in [-0.25, -0.2) is 9.59 Å². The molecule has 0 saturated carbocycles. The number of furan rings is 1. The molecule has 2 N–H and O–H groups in total. The van der Waals surface area contributed by atoms with Crippen molar-refractivity contribution >= 4 is 11.9 Å². The van der Waals surface area contributed by atoms with E-state index in [1.807, 2.05) is 0 Å². The Morgan fingerprint density at radius 1 is 1.14 bits per heavy atom. The highest BCUT2D eigenvalue weighted by atomic mass is 16.6. The normalized spacial score (nSPS) is 17.6. The molecule has 0 amide bonds. The Morgan fingerprint density at radius 3 is 2.32 bits per heavy atom. The van der Waals surface area contributed by atoms with E-state index in [0.717, 1.165) is 19.4 Å². The maximum absolute atomic E-state index is 11.9. The Bertz CT molecular complexity index is 635. The zero-order chi connectivity index (χ0) is 20.4. The minimum absolute atomic E-state index is 0.00889. The van der Waals surface area contributed by atoms with E-state index in [9.17, 15) is 19.8 Å². The number of ether oxygens (including phenoxy) is 4. The molecular weight excluding hydrogens is 372 g/mol. The van der Waals surface area contributed by atoms with Crippen molar-refractivity contribution in [3.05, 3.63) is 36.3 Å². The third kappa shape index (κ3) is 8.22. The molecule has 0 aromatic carbocycles. The van der Waals surface area contributed by atoms with Gasteiger partial charge in [-0.2, -0.15) is 0 Å². The van der Waals surface area contributed by atoms with Crippen molar-refractivity contribution in [2.75, 3.05) is 33.0 Å². The van der Waals surface area contributed by atoms with Gasteiger partial charge in [0.25, 0.3) is 0 Å². The molecule has 28 heavy (non-hydrogen) atoms. The molecule has 1 aromatic rings. The lowest BCUT2D eigenvalue weighted by Crippen LogP contribution is -2.23. The smallest absolute Gasteiger partial charge is 0.374 e. The van der Waals surface area contributed by atoms with Gasteiger partial charge in [-0.15, -0.1) is 6.58 Å². The topological polar surface area (TPSA) is 128 Å². The van der Waals surface area contributed by atoms with E-state index in [4.69, 9.17) is 23.4 Å². The van der Waals surface area contributed by atoms with Crippen LogP contribution in [0.1, 0.15) is 40.4 Å². The molecule has 1 aliphatic heterocycles. The molecule has 0 aliphatic carbocycles. The number of esters is 2. The maximum Gasteiger partial charge on any atom is 0.374 e. The summed E-state index contributed by atoms with van der Waals surface area (Å²) in [6.45, 7) is 4.06. The third-order valence-electron chi connectivity index (χ3n) is 3.83. The molecule has 1 aromatic heterocycles. The monoisotopic (exact) mass is 398 g/mol. The van der Waals surface area contributed by atoms with Gasteiger partial charge in [-0.3, -0.25) is 0 Å². The molecule has 2 rings (SSSR count). The summed E-state index contributed by atoms with van der Waals surface area (Å²) in [5.74, 6) is -2.00. The first-order valence-corrected chi connectivity index (χ1v) is 9.10. The van der Waals surface area contributed by atoms with Gasteiger partial charge in [0, 0.05) is 0 Å². The zero-order valence-corrected chi connectivity index (χ0v) is 15.6. The number of aliphatic hydroxyl groups is 2.